The van der Waals surface area contributed by atoms with Gasteiger partial charge in [0.15, 0.2) is 5.60 Å². The molecule has 3 aromatic rings. The number of methoxy groups -OCH3 is 1. The van der Waals surface area contributed by atoms with Crippen LogP contribution >= 0.6 is 11.3 Å². The van der Waals surface area contributed by atoms with Gasteiger partial charge in [0.1, 0.15) is 5.75 Å². The summed E-state index contributed by atoms with van der Waals surface area (Å²) >= 11 is 0.972. The number of thiophene rings is 1. The average molecular weight is 567 g/mol. The molecular formula is C26H28F6O5S. The zero-order valence-electron chi connectivity index (χ0n) is 20.7. The fourth-order valence-electron chi connectivity index (χ4n) is 4.14. The molecule has 0 amide bonds. The lowest BCUT2D eigenvalue weighted by atomic mass is 9.81. The van der Waals surface area contributed by atoms with E-state index >= 15 is 0 Å². The van der Waals surface area contributed by atoms with Crippen molar-refractivity contribution in [2.45, 2.75) is 50.9 Å². The Kier molecular flexibility index (Phi) is 10.4. The van der Waals surface area contributed by atoms with Crippen LogP contribution < -0.4 is 4.74 Å². The van der Waals surface area contributed by atoms with Gasteiger partial charge in [-0.15, -0.1) is 11.3 Å². The van der Waals surface area contributed by atoms with Crippen molar-refractivity contribution in [2.75, 3.05) is 14.2 Å². The zero-order valence-corrected chi connectivity index (χ0v) is 21.6. The highest BCUT2D eigenvalue weighted by Gasteiger charge is 2.61. The van der Waals surface area contributed by atoms with Crippen molar-refractivity contribution in [1.29, 1.82) is 0 Å². The first-order chi connectivity index (χ1) is 17.8. The number of benzene rings is 2. The summed E-state index contributed by atoms with van der Waals surface area (Å²) in [5.41, 5.74) is -3.84. The van der Waals surface area contributed by atoms with E-state index in [2.05, 4.69) is 0 Å². The number of aliphatic hydroxyl groups excluding tert-OH is 3. The highest BCUT2D eigenvalue weighted by molar-refractivity contribution is 7.19. The van der Waals surface area contributed by atoms with E-state index in [-0.39, 0.29) is 41.4 Å². The van der Waals surface area contributed by atoms with Crippen molar-refractivity contribution >= 4 is 11.3 Å². The Hall–Kier alpha value is -2.64. The number of hydrogen-bond acceptors (Lipinski definition) is 6. The number of aliphatic hydroxyl groups is 4. The monoisotopic (exact) mass is 566 g/mol. The molecule has 1 aromatic heterocycles. The van der Waals surface area contributed by atoms with Crippen molar-refractivity contribution in [3.63, 3.8) is 0 Å². The topological polar surface area (TPSA) is 90.2 Å². The van der Waals surface area contributed by atoms with Gasteiger partial charge in [0.05, 0.1) is 31.6 Å². The Morgan fingerprint density at radius 2 is 1.50 bits per heavy atom. The summed E-state index contributed by atoms with van der Waals surface area (Å²) < 4.78 is 87.6. The molecule has 0 radical (unpaired) electrons. The van der Waals surface area contributed by atoms with Crippen LogP contribution in [-0.2, 0) is 25.2 Å². The molecule has 0 aliphatic heterocycles. The van der Waals surface area contributed by atoms with Crippen molar-refractivity contribution < 1.29 is 51.5 Å². The molecular weight excluding hydrogens is 538 g/mol. The Labute approximate surface area is 219 Å². The van der Waals surface area contributed by atoms with Crippen LogP contribution in [0.25, 0.3) is 20.9 Å². The molecule has 0 bridgehead atoms. The maximum Gasteiger partial charge on any atom is 0.421 e. The maximum absolute atomic E-state index is 14.1. The minimum Gasteiger partial charge on any atom is -0.495 e. The van der Waals surface area contributed by atoms with Gasteiger partial charge in [-0.3, -0.25) is 0 Å². The quantitative estimate of drug-likeness (QED) is 0.253. The number of halogens is 6. The first-order valence-corrected chi connectivity index (χ1v) is 12.1. The van der Waals surface area contributed by atoms with E-state index in [4.69, 9.17) is 9.84 Å². The van der Waals surface area contributed by atoms with Crippen LogP contribution in [0.15, 0.2) is 42.5 Å². The second-order valence-electron chi connectivity index (χ2n) is 8.15. The van der Waals surface area contributed by atoms with Gasteiger partial charge < -0.3 is 25.2 Å². The van der Waals surface area contributed by atoms with Crippen LogP contribution in [0.5, 0.6) is 5.75 Å². The molecule has 0 saturated heterocycles. The third kappa shape index (κ3) is 6.49. The lowest BCUT2D eigenvalue weighted by molar-refractivity contribution is -0.300. The van der Waals surface area contributed by atoms with Crippen LogP contribution in [0.2, 0.25) is 0 Å². The molecule has 2 aromatic carbocycles. The van der Waals surface area contributed by atoms with E-state index < -0.39 is 29.9 Å². The van der Waals surface area contributed by atoms with Crippen molar-refractivity contribution in [3.8, 4) is 26.6 Å². The summed E-state index contributed by atoms with van der Waals surface area (Å²) in [6.07, 6.45) is -13.4. The predicted octanol–water partition coefficient (Wildman–Crippen LogP) is 5.95. The van der Waals surface area contributed by atoms with Gasteiger partial charge in [0, 0.05) is 17.6 Å². The SMILES string of the molecule is CCc1cccc(-c2cc(OC)c(-c3ccc(CO)c(CO)c3)s2)c1C(O)(CC(F)(F)F)C(F)(F)F.CO. The zero-order chi connectivity index (χ0) is 28.9. The maximum atomic E-state index is 14.1. The molecule has 1 unspecified atom stereocenters. The van der Waals surface area contributed by atoms with Gasteiger partial charge in [0.2, 0.25) is 0 Å². The normalized spacial score (nSPS) is 13.5. The molecule has 1 heterocycles. The summed E-state index contributed by atoms with van der Waals surface area (Å²) in [5, 5.41) is 36.7. The summed E-state index contributed by atoms with van der Waals surface area (Å²) in [5.74, 6) is 0.245. The predicted molar refractivity (Wildman–Crippen MR) is 132 cm³/mol. The highest BCUT2D eigenvalue weighted by Crippen LogP contribution is 2.52. The van der Waals surface area contributed by atoms with E-state index in [0.29, 0.717) is 21.6 Å². The fraction of sp³-hybridized carbons (Fsp3) is 0.385. The van der Waals surface area contributed by atoms with Gasteiger partial charge in [-0.25, -0.2) is 0 Å². The molecule has 12 heteroatoms. The third-order valence-electron chi connectivity index (χ3n) is 5.86. The van der Waals surface area contributed by atoms with E-state index in [1.807, 2.05) is 0 Å². The summed E-state index contributed by atoms with van der Waals surface area (Å²) in [6, 6.07) is 10.1. The molecule has 1 atom stereocenters. The first-order valence-electron chi connectivity index (χ1n) is 11.2. The van der Waals surface area contributed by atoms with Crippen molar-refractivity contribution in [3.05, 3.63) is 64.7 Å². The molecule has 0 fully saturated rings. The van der Waals surface area contributed by atoms with Crippen LogP contribution in [0, 0.1) is 0 Å². The molecule has 0 saturated carbocycles. The third-order valence-corrected chi connectivity index (χ3v) is 7.06. The van der Waals surface area contributed by atoms with E-state index in [1.54, 1.807) is 18.2 Å². The molecule has 3 rings (SSSR count). The number of rotatable bonds is 8. The van der Waals surface area contributed by atoms with Crippen LogP contribution in [0.4, 0.5) is 26.3 Å². The smallest absolute Gasteiger partial charge is 0.421 e. The molecule has 38 heavy (non-hydrogen) atoms. The first kappa shape index (κ1) is 31.6. The van der Waals surface area contributed by atoms with Crippen molar-refractivity contribution in [1.82, 2.24) is 0 Å². The molecule has 5 nitrogen and oxygen atoms in total. The molecule has 0 aliphatic carbocycles. The Morgan fingerprint density at radius 3 is 2.00 bits per heavy atom. The summed E-state index contributed by atoms with van der Waals surface area (Å²) in [4.78, 5) is 0.611. The van der Waals surface area contributed by atoms with E-state index in [1.165, 1.54) is 38.3 Å². The number of aryl methyl sites for hydroxylation is 1. The second kappa shape index (κ2) is 12.5. The Morgan fingerprint density at radius 1 is 0.868 bits per heavy atom. The summed E-state index contributed by atoms with van der Waals surface area (Å²) in [7, 11) is 2.34. The lowest BCUT2D eigenvalue weighted by Gasteiger charge is -2.34. The van der Waals surface area contributed by atoms with Gasteiger partial charge in [-0.1, -0.05) is 37.3 Å². The standard InChI is InChI=1S/C25H24F6O4S.CH4O/c1-3-14-5-4-6-18(21(14)23(34,25(29,30)31)13-24(26,27)28)20-10-19(35-2)22(36-20)15-7-8-16(11-32)17(9-15)12-33;1-2/h4-10,32-34H,3,11-13H2,1-2H3;2H,1H3. The van der Waals surface area contributed by atoms with E-state index in [9.17, 15) is 41.7 Å². The number of alkyl halides is 6. The Bertz CT molecular complexity index is 1220. The van der Waals surface area contributed by atoms with Crippen molar-refractivity contribution in [2.24, 2.45) is 0 Å². The minimum absolute atomic E-state index is 0.0444. The molecule has 0 spiro atoms. The summed E-state index contributed by atoms with van der Waals surface area (Å²) in [6.45, 7) is 0.807. The number of hydrogen-bond donors (Lipinski definition) is 4. The minimum atomic E-state index is -5.61. The lowest BCUT2D eigenvalue weighted by Crippen LogP contribution is -2.46. The van der Waals surface area contributed by atoms with Gasteiger partial charge >= 0.3 is 12.4 Å². The van der Waals surface area contributed by atoms with Crippen LogP contribution in [0.1, 0.15) is 35.6 Å². The Balaban J connectivity index is 0.00000247. The van der Waals surface area contributed by atoms with Gasteiger partial charge in [-0.05, 0) is 46.4 Å². The fourth-order valence-corrected chi connectivity index (χ4v) is 5.29. The second-order valence-corrected chi connectivity index (χ2v) is 9.20. The van der Waals surface area contributed by atoms with Gasteiger partial charge in [0.25, 0.3) is 0 Å². The van der Waals surface area contributed by atoms with E-state index in [0.717, 1.165) is 18.4 Å². The average Bonchev–Trinajstić information content (AvgIpc) is 3.31. The molecule has 0 aliphatic rings. The highest BCUT2D eigenvalue weighted by atomic mass is 32.1. The molecule has 210 valence electrons. The molecule has 4 N–H and O–H groups in total. The van der Waals surface area contributed by atoms with Gasteiger partial charge in [-0.2, -0.15) is 26.3 Å². The van der Waals surface area contributed by atoms with Crippen LogP contribution in [-0.4, -0.2) is 47.0 Å². The number of ether oxygens (including phenoxy) is 1. The largest absolute Gasteiger partial charge is 0.495 e. The van der Waals surface area contributed by atoms with Crippen LogP contribution in [0.3, 0.4) is 0 Å².